The number of hydrazone groups is 1. The lowest BCUT2D eigenvalue weighted by Crippen LogP contribution is -2.40. The minimum atomic E-state index is -0.594. The summed E-state index contributed by atoms with van der Waals surface area (Å²) in [4.78, 5) is 11.9. The smallest absolute Gasteiger partial charge is 0.400 e. The average molecular weight is 282 g/mol. The number of likely N-dealkylation sites (tertiary alicyclic amines) is 1. The molecule has 8 heteroatoms. The summed E-state index contributed by atoms with van der Waals surface area (Å²) in [6.07, 6.45) is 4.87. The quantitative estimate of drug-likeness (QED) is 0.394. The van der Waals surface area contributed by atoms with Gasteiger partial charge in [-0.25, -0.2) is 0 Å². The molecule has 0 saturated carbocycles. The molecule has 1 N–H and O–H groups in total. The van der Waals surface area contributed by atoms with Crippen LogP contribution in [0.3, 0.4) is 0 Å². The fourth-order valence-electron chi connectivity index (χ4n) is 1.83. The molecule has 0 bridgehead atoms. The van der Waals surface area contributed by atoms with Crippen LogP contribution < -0.4 is 5.43 Å². The van der Waals surface area contributed by atoms with Crippen molar-refractivity contribution in [1.29, 1.82) is 0 Å². The maximum Gasteiger partial charge on any atom is 0.433 e. The van der Waals surface area contributed by atoms with Gasteiger partial charge in [-0.1, -0.05) is 0 Å². The van der Waals surface area contributed by atoms with E-state index < -0.39 is 4.92 Å². The van der Waals surface area contributed by atoms with Gasteiger partial charge in [0.25, 0.3) is 0 Å². The number of furan rings is 1. The van der Waals surface area contributed by atoms with Crippen LogP contribution in [0, 0.1) is 10.1 Å². The average Bonchev–Trinajstić information content (AvgIpc) is 2.89. The molecule has 2 rings (SSSR count). The molecule has 0 unspecified atom stereocenters. The predicted molar refractivity (Wildman–Crippen MR) is 74.1 cm³/mol. The second-order valence-electron chi connectivity index (χ2n) is 4.16. The Balaban J connectivity index is 1.84. The zero-order chi connectivity index (χ0) is 13.7. The zero-order valence-corrected chi connectivity index (χ0v) is 11.1. The molecule has 1 fully saturated rings. The van der Waals surface area contributed by atoms with E-state index in [0.717, 1.165) is 25.9 Å². The van der Waals surface area contributed by atoms with Gasteiger partial charge in [0.2, 0.25) is 0 Å². The molecule has 1 aromatic rings. The molecule has 19 heavy (non-hydrogen) atoms. The fraction of sp³-hybridized carbons (Fsp3) is 0.455. The molecular formula is C11H14N4O3S. The van der Waals surface area contributed by atoms with E-state index in [-0.39, 0.29) is 5.88 Å². The number of thiocarbonyl (C=S) groups is 1. The number of piperidine rings is 1. The first-order valence-electron chi connectivity index (χ1n) is 5.99. The molecule has 0 aliphatic carbocycles. The highest BCUT2D eigenvalue weighted by molar-refractivity contribution is 7.80. The van der Waals surface area contributed by atoms with Crippen molar-refractivity contribution in [2.24, 2.45) is 5.10 Å². The topological polar surface area (TPSA) is 83.9 Å². The lowest BCUT2D eigenvalue weighted by molar-refractivity contribution is -0.402. The van der Waals surface area contributed by atoms with E-state index in [1.807, 2.05) is 0 Å². The van der Waals surface area contributed by atoms with Crippen molar-refractivity contribution in [2.75, 3.05) is 13.1 Å². The Morgan fingerprint density at radius 1 is 1.47 bits per heavy atom. The Labute approximate surface area is 115 Å². The summed E-state index contributed by atoms with van der Waals surface area (Å²) in [5.74, 6) is 0.000649. The number of hydrogen-bond acceptors (Lipinski definition) is 5. The van der Waals surface area contributed by atoms with Crippen molar-refractivity contribution in [2.45, 2.75) is 19.3 Å². The normalized spacial score (nSPS) is 15.7. The Kier molecular flexibility index (Phi) is 4.45. The van der Waals surface area contributed by atoms with Crippen molar-refractivity contribution in [3.8, 4) is 0 Å². The van der Waals surface area contributed by atoms with Crippen molar-refractivity contribution in [1.82, 2.24) is 10.3 Å². The van der Waals surface area contributed by atoms with E-state index in [1.54, 1.807) is 0 Å². The fourth-order valence-corrected chi connectivity index (χ4v) is 2.06. The minimum Gasteiger partial charge on any atom is -0.400 e. The monoisotopic (exact) mass is 282 g/mol. The van der Waals surface area contributed by atoms with Gasteiger partial charge < -0.3 is 9.32 Å². The van der Waals surface area contributed by atoms with Gasteiger partial charge >= 0.3 is 5.88 Å². The maximum atomic E-state index is 10.4. The number of rotatable bonds is 3. The first-order chi connectivity index (χ1) is 9.16. The highest BCUT2D eigenvalue weighted by atomic mass is 32.1. The molecular weight excluding hydrogens is 268 g/mol. The van der Waals surface area contributed by atoms with E-state index >= 15 is 0 Å². The van der Waals surface area contributed by atoms with Crippen LogP contribution >= 0.6 is 12.2 Å². The molecule has 0 spiro atoms. The number of nitrogens with zero attached hydrogens (tertiary/aromatic N) is 3. The molecule has 7 nitrogen and oxygen atoms in total. The van der Waals surface area contributed by atoms with Crippen molar-refractivity contribution < 1.29 is 9.34 Å². The van der Waals surface area contributed by atoms with Gasteiger partial charge in [-0.2, -0.15) is 5.10 Å². The van der Waals surface area contributed by atoms with Crippen LogP contribution in [0.15, 0.2) is 21.7 Å². The molecule has 1 aromatic heterocycles. The first-order valence-corrected chi connectivity index (χ1v) is 6.40. The standard InChI is InChI=1S/C11H14N4O3S/c16-15(17)10-5-4-9(18-10)8-12-13-11(19)14-6-2-1-3-7-14/h4-5,8H,1-3,6-7H2,(H,13,19)/b12-8-. The van der Waals surface area contributed by atoms with Crippen LogP contribution in [0.4, 0.5) is 5.88 Å². The van der Waals surface area contributed by atoms with Crippen LogP contribution in [0.2, 0.25) is 0 Å². The van der Waals surface area contributed by atoms with Gasteiger partial charge in [0.05, 0.1) is 12.3 Å². The van der Waals surface area contributed by atoms with Gasteiger partial charge in [-0.05, 0) is 37.5 Å². The molecule has 1 saturated heterocycles. The molecule has 0 radical (unpaired) electrons. The lowest BCUT2D eigenvalue weighted by atomic mass is 10.1. The summed E-state index contributed by atoms with van der Waals surface area (Å²) in [6.45, 7) is 1.88. The molecule has 1 aliphatic rings. The zero-order valence-electron chi connectivity index (χ0n) is 10.2. The third kappa shape index (κ3) is 3.75. The van der Waals surface area contributed by atoms with Crippen LogP contribution in [-0.4, -0.2) is 34.2 Å². The van der Waals surface area contributed by atoms with Gasteiger partial charge in [0.1, 0.15) is 4.92 Å². The van der Waals surface area contributed by atoms with Crippen molar-refractivity contribution in [3.05, 3.63) is 28.0 Å². The molecule has 2 heterocycles. The third-order valence-electron chi connectivity index (χ3n) is 2.79. The molecule has 1 aliphatic heterocycles. The Morgan fingerprint density at radius 3 is 2.84 bits per heavy atom. The Hall–Kier alpha value is -1.96. The summed E-state index contributed by atoms with van der Waals surface area (Å²) in [7, 11) is 0. The highest BCUT2D eigenvalue weighted by Gasteiger charge is 2.13. The van der Waals surface area contributed by atoms with Crippen LogP contribution in [0.1, 0.15) is 25.0 Å². The largest absolute Gasteiger partial charge is 0.433 e. The van der Waals surface area contributed by atoms with Gasteiger partial charge in [0, 0.05) is 13.1 Å². The van der Waals surface area contributed by atoms with E-state index in [1.165, 1.54) is 24.8 Å². The molecule has 102 valence electrons. The minimum absolute atomic E-state index is 0.306. The SMILES string of the molecule is O=[N+]([O-])c1ccc(/C=N\NC(=S)N2CCCCC2)o1. The van der Waals surface area contributed by atoms with Gasteiger partial charge in [0.15, 0.2) is 10.9 Å². The number of hydrogen-bond donors (Lipinski definition) is 1. The first kappa shape index (κ1) is 13.5. The third-order valence-corrected chi connectivity index (χ3v) is 3.14. The predicted octanol–water partition coefficient (Wildman–Crippen LogP) is 1.88. The van der Waals surface area contributed by atoms with Crippen molar-refractivity contribution >= 4 is 29.4 Å². The maximum absolute atomic E-state index is 10.4. The summed E-state index contributed by atoms with van der Waals surface area (Å²) < 4.78 is 4.93. The second-order valence-corrected chi connectivity index (χ2v) is 4.54. The van der Waals surface area contributed by atoms with E-state index in [2.05, 4.69) is 15.4 Å². The van der Waals surface area contributed by atoms with Crippen LogP contribution in [0.5, 0.6) is 0 Å². The Morgan fingerprint density at radius 2 is 2.21 bits per heavy atom. The summed E-state index contributed by atoms with van der Waals surface area (Å²) in [6, 6.07) is 2.76. The summed E-state index contributed by atoms with van der Waals surface area (Å²) in [5, 5.41) is 14.9. The van der Waals surface area contributed by atoms with Crippen LogP contribution in [-0.2, 0) is 0 Å². The van der Waals surface area contributed by atoms with Gasteiger partial charge in [-0.15, -0.1) is 0 Å². The van der Waals surface area contributed by atoms with E-state index in [4.69, 9.17) is 16.6 Å². The highest BCUT2D eigenvalue weighted by Crippen LogP contribution is 2.13. The van der Waals surface area contributed by atoms with Crippen LogP contribution in [0.25, 0.3) is 0 Å². The van der Waals surface area contributed by atoms with Crippen molar-refractivity contribution in [3.63, 3.8) is 0 Å². The Bertz CT molecular complexity index is 494. The molecule has 0 atom stereocenters. The second kappa shape index (κ2) is 6.28. The summed E-state index contributed by atoms with van der Waals surface area (Å²) >= 11 is 5.20. The van der Waals surface area contributed by atoms with E-state index in [0.29, 0.717) is 10.9 Å². The number of nitrogens with one attached hydrogen (secondary N) is 1. The molecule has 0 amide bonds. The number of nitro groups is 1. The van der Waals surface area contributed by atoms with Gasteiger partial charge in [-0.3, -0.25) is 15.5 Å². The molecule has 0 aromatic carbocycles. The summed E-state index contributed by atoms with van der Waals surface area (Å²) in [5.41, 5.74) is 2.74. The lowest BCUT2D eigenvalue weighted by Gasteiger charge is -2.28. The van der Waals surface area contributed by atoms with E-state index in [9.17, 15) is 10.1 Å².